The molecule has 0 saturated carbocycles. The molecule has 214 valence electrons. The fourth-order valence-electron chi connectivity index (χ4n) is 4.99. The summed E-state index contributed by atoms with van der Waals surface area (Å²) in [7, 11) is 3.02. The second kappa shape index (κ2) is 11.7. The number of pyridine rings is 3. The summed E-state index contributed by atoms with van der Waals surface area (Å²) in [5, 5.41) is 2.83. The third-order valence-electron chi connectivity index (χ3n) is 7.04. The molecule has 2 aromatic carbocycles. The highest BCUT2D eigenvalue weighted by Gasteiger charge is 2.22. The summed E-state index contributed by atoms with van der Waals surface area (Å²) < 4.78 is 31.7. The van der Waals surface area contributed by atoms with Crippen LogP contribution in [0.4, 0.5) is 10.1 Å². The fourth-order valence-corrected chi connectivity index (χ4v) is 4.99. The molecule has 10 heteroatoms. The van der Waals surface area contributed by atoms with Crippen LogP contribution in [0, 0.1) is 19.7 Å². The number of nitrogens with one attached hydrogen (secondary N) is 1. The van der Waals surface area contributed by atoms with E-state index < -0.39 is 17.3 Å². The van der Waals surface area contributed by atoms with Crippen molar-refractivity contribution in [2.24, 2.45) is 0 Å². The standard InChI is InChI=1S/C32H29FN4O5/c1-6-24-18(2)28(32(39)37(19(24)3)22-11-7-20(33)8-12-22)30(38)35-21-9-13-23(14-10-21)42-26-15-16-34-25-17-27(40-4)31(41-5)36-29(25)26/h7-17H,6H2,1-5H3,(H,35,38). The predicted molar refractivity (Wildman–Crippen MR) is 158 cm³/mol. The first-order valence-corrected chi connectivity index (χ1v) is 13.2. The third kappa shape index (κ3) is 5.26. The molecule has 0 radical (unpaired) electrons. The smallest absolute Gasteiger partial charge is 0.268 e. The molecular weight excluding hydrogens is 539 g/mol. The van der Waals surface area contributed by atoms with Crippen LogP contribution < -0.4 is 25.1 Å². The van der Waals surface area contributed by atoms with Gasteiger partial charge in [0.05, 0.1) is 19.7 Å². The van der Waals surface area contributed by atoms with E-state index in [9.17, 15) is 14.0 Å². The molecular formula is C32H29FN4O5. The van der Waals surface area contributed by atoms with Crippen molar-refractivity contribution in [2.75, 3.05) is 19.5 Å². The molecule has 3 aromatic heterocycles. The number of methoxy groups -OCH3 is 2. The van der Waals surface area contributed by atoms with E-state index in [1.165, 1.54) is 43.1 Å². The van der Waals surface area contributed by atoms with E-state index in [2.05, 4.69) is 15.3 Å². The molecule has 0 aliphatic carbocycles. The summed E-state index contributed by atoms with van der Waals surface area (Å²) in [5.41, 5.74) is 3.77. The fraction of sp³-hybridized carbons (Fsp3) is 0.188. The lowest BCUT2D eigenvalue weighted by atomic mass is 9.99. The van der Waals surface area contributed by atoms with Gasteiger partial charge in [0.25, 0.3) is 17.3 Å². The SMILES string of the molecule is CCc1c(C)c(C(=O)Nc2ccc(Oc3ccnc4cc(OC)c(OC)nc34)cc2)c(=O)n(-c2ccc(F)cc2)c1C. The van der Waals surface area contributed by atoms with Gasteiger partial charge in [0.15, 0.2) is 11.5 Å². The number of benzene rings is 2. The summed E-state index contributed by atoms with van der Waals surface area (Å²) in [6.07, 6.45) is 2.22. The lowest BCUT2D eigenvalue weighted by molar-refractivity contribution is 0.102. The largest absolute Gasteiger partial charge is 0.491 e. The van der Waals surface area contributed by atoms with E-state index in [0.29, 0.717) is 63.2 Å². The second-order valence-corrected chi connectivity index (χ2v) is 9.49. The number of aromatic nitrogens is 3. The molecule has 0 saturated heterocycles. The van der Waals surface area contributed by atoms with Crippen molar-refractivity contribution in [1.82, 2.24) is 14.5 Å². The minimum atomic E-state index is -0.540. The minimum Gasteiger partial charge on any atom is -0.491 e. The number of carbonyl (C=O) groups excluding carboxylic acids is 1. The Kier molecular flexibility index (Phi) is 7.88. The number of hydrogen-bond acceptors (Lipinski definition) is 7. The summed E-state index contributed by atoms with van der Waals surface area (Å²) in [4.78, 5) is 35.9. The quantitative estimate of drug-likeness (QED) is 0.239. The Morgan fingerprint density at radius 1 is 0.976 bits per heavy atom. The van der Waals surface area contributed by atoms with Gasteiger partial charge in [0, 0.05) is 35.4 Å². The molecule has 1 N–H and O–H groups in total. The molecule has 0 bridgehead atoms. The van der Waals surface area contributed by atoms with Crippen LogP contribution in [0.3, 0.4) is 0 Å². The van der Waals surface area contributed by atoms with E-state index in [1.807, 2.05) is 13.8 Å². The number of halogens is 1. The number of ether oxygens (including phenoxy) is 3. The topological polar surface area (TPSA) is 105 Å². The Morgan fingerprint density at radius 3 is 2.33 bits per heavy atom. The van der Waals surface area contributed by atoms with Gasteiger partial charge >= 0.3 is 0 Å². The van der Waals surface area contributed by atoms with Crippen LogP contribution in [0.25, 0.3) is 16.7 Å². The van der Waals surface area contributed by atoms with Gasteiger partial charge in [-0.15, -0.1) is 0 Å². The first kappa shape index (κ1) is 28.3. The number of hydrogen-bond donors (Lipinski definition) is 1. The molecule has 1 amide bonds. The summed E-state index contributed by atoms with van der Waals surface area (Å²) in [6.45, 7) is 5.56. The molecule has 42 heavy (non-hydrogen) atoms. The van der Waals surface area contributed by atoms with Gasteiger partial charge in [-0.3, -0.25) is 19.1 Å². The van der Waals surface area contributed by atoms with E-state index >= 15 is 0 Å². The van der Waals surface area contributed by atoms with Crippen LogP contribution >= 0.6 is 0 Å². The van der Waals surface area contributed by atoms with Gasteiger partial charge in [-0.25, -0.2) is 9.37 Å². The van der Waals surface area contributed by atoms with Crippen molar-refractivity contribution in [3.63, 3.8) is 0 Å². The highest BCUT2D eigenvalue weighted by Crippen LogP contribution is 2.34. The number of carbonyl (C=O) groups is 1. The van der Waals surface area contributed by atoms with Crippen LogP contribution in [-0.2, 0) is 6.42 Å². The number of rotatable bonds is 8. The van der Waals surface area contributed by atoms with E-state index in [4.69, 9.17) is 14.2 Å². The van der Waals surface area contributed by atoms with Crippen LogP contribution in [0.2, 0.25) is 0 Å². The minimum absolute atomic E-state index is 0.0285. The number of fused-ring (bicyclic) bond motifs is 1. The summed E-state index contributed by atoms with van der Waals surface area (Å²) >= 11 is 0. The lowest BCUT2D eigenvalue weighted by Gasteiger charge is -2.19. The normalized spacial score (nSPS) is 10.9. The Morgan fingerprint density at radius 2 is 1.69 bits per heavy atom. The average molecular weight is 569 g/mol. The second-order valence-electron chi connectivity index (χ2n) is 9.49. The van der Waals surface area contributed by atoms with Crippen molar-refractivity contribution in [1.29, 1.82) is 0 Å². The monoisotopic (exact) mass is 568 g/mol. The van der Waals surface area contributed by atoms with Gasteiger partial charge < -0.3 is 19.5 Å². The Balaban J connectivity index is 1.42. The maximum Gasteiger partial charge on any atom is 0.268 e. The zero-order valence-electron chi connectivity index (χ0n) is 23.8. The first-order valence-electron chi connectivity index (χ1n) is 13.2. The first-order chi connectivity index (χ1) is 20.2. The van der Waals surface area contributed by atoms with E-state index in [-0.39, 0.29) is 5.56 Å². The average Bonchev–Trinajstić information content (AvgIpc) is 2.98. The molecule has 0 aliphatic rings. The van der Waals surface area contributed by atoms with Gasteiger partial charge in [-0.05, 0) is 79.9 Å². The zero-order valence-corrected chi connectivity index (χ0v) is 23.8. The molecule has 3 heterocycles. The highest BCUT2D eigenvalue weighted by atomic mass is 19.1. The number of anilines is 1. The van der Waals surface area contributed by atoms with Gasteiger partial charge in [0.2, 0.25) is 0 Å². The molecule has 0 aliphatic heterocycles. The van der Waals surface area contributed by atoms with Crippen molar-refractivity contribution in [3.8, 4) is 28.8 Å². The molecule has 0 atom stereocenters. The van der Waals surface area contributed by atoms with E-state index in [0.717, 1.165) is 5.56 Å². The zero-order chi connectivity index (χ0) is 30.0. The molecule has 0 fully saturated rings. The maximum atomic E-state index is 13.6. The van der Waals surface area contributed by atoms with Crippen molar-refractivity contribution < 1.29 is 23.4 Å². The molecule has 0 unspecified atom stereocenters. The van der Waals surface area contributed by atoms with Gasteiger partial charge in [0.1, 0.15) is 22.6 Å². The van der Waals surface area contributed by atoms with Crippen LogP contribution in [0.5, 0.6) is 23.1 Å². The van der Waals surface area contributed by atoms with Crippen LogP contribution in [0.15, 0.2) is 71.7 Å². The molecule has 9 nitrogen and oxygen atoms in total. The van der Waals surface area contributed by atoms with Crippen LogP contribution in [-0.4, -0.2) is 34.7 Å². The van der Waals surface area contributed by atoms with Crippen molar-refractivity contribution in [3.05, 3.63) is 105 Å². The maximum absolute atomic E-state index is 13.6. The Labute approximate surface area is 241 Å². The molecule has 5 rings (SSSR count). The van der Waals surface area contributed by atoms with Crippen LogP contribution in [0.1, 0.15) is 34.1 Å². The van der Waals surface area contributed by atoms with Gasteiger partial charge in [-0.1, -0.05) is 6.92 Å². The predicted octanol–water partition coefficient (Wildman–Crippen LogP) is 6.16. The number of amides is 1. The van der Waals surface area contributed by atoms with Crippen molar-refractivity contribution >= 4 is 22.6 Å². The highest BCUT2D eigenvalue weighted by molar-refractivity contribution is 6.05. The summed E-state index contributed by atoms with van der Waals surface area (Å²) in [6, 6.07) is 15.8. The van der Waals surface area contributed by atoms with Gasteiger partial charge in [-0.2, -0.15) is 0 Å². The molecule has 0 spiro atoms. The third-order valence-corrected chi connectivity index (χ3v) is 7.04. The Bertz CT molecular complexity index is 1850. The number of nitrogens with zero attached hydrogens (tertiary/aromatic N) is 3. The van der Waals surface area contributed by atoms with E-state index in [1.54, 1.807) is 49.5 Å². The summed E-state index contributed by atoms with van der Waals surface area (Å²) in [5.74, 6) is 0.760. The van der Waals surface area contributed by atoms with Crippen molar-refractivity contribution in [2.45, 2.75) is 27.2 Å². The molecule has 5 aromatic rings. The Hall–Kier alpha value is -5.25. The lowest BCUT2D eigenvalue weighted by Crippen LogP contribution is -2.32.